The van der Waals surface area contributed by atoms with Crippen molar-refractivity contribution in [1.29, 1.82) is 0 Å². The molecule has 5 nitrogen and oxygen atoms in total. The molecule has 0 heterocycles. The number of aromatic carboxylic acids is 1. The van der Waals surface area contributed by atoms with E-state index in [1.54, 1.807) is 25.1 Å². The number of phenolic OH excluding ortho intramolecular Hbond substituents is 1. The molecule has 0 spiro atoms. The first-order valence-corrected chi connectivity index (χ1v) is 7.11. The van der Waals surface area contributed by atoms with E-state index in [2.05, 4.69) is 5.32 Å². The van der Waals surface area contributed by atoms with Crippen LogP contribution < -0.4 is 5.32 Å². The standard InChI is InChI=1S/C15H12INO4/c1-8-3-2-4-10(13(8)18)14(19)17-12-6-5-9(16)7-11(12)15(20)21/h2-7,18H,1H3,(H,17,19)(H,20,21). The first kappa shape index (κ1) is 15.3. The molecule has 1 amide bonds. The molecule has 0 saturated heterocycles. The summed E-state index contributed by atoms with van der Waals surface area (Å²) in [6.45, 7) is 1.68. The van der Waals surface area contributed by atoms with E-state index in [0.717, 1.165) is 3.57 Å². The first-order valence-electron chi connectivity index (χ1n) is 6.03. The van der Waals surface area contributed by atoms with Crippen LogP contribution in [-0.2, 0) is 0 Å². The Kier molecular flexibility index (Phi) is 4.46. The van der Waals surface area contributed by atoms with E-state index in [1.807, 2.05) is 22.6 Å². The normalized spacial score (nSPS) is 10.2. The SMILES string of the molecule is Cc1cccc(C(=O)Nc2ccc(I)cc2C(=O)O)c1O. The van der Waals surface area contributed by atoms with Gasteiger partial charge in [-0.3, -0.25) is 4.79 Å². The Morgan fingerprint density at radius 1 is 1.14 bits per heavy atom. The second-order valence-corrected chi connectivity index (χ2v) is 5.67. The van der Waals surface area contributed by atoms with Crippen LogP contribution in [0, 0.1) is 10.5 Å². The van der Waals surface area contributed by atoms with Crippen LogP contribution in [0.1, 0.15) is 26.3 Å². The maximum absolute atomic E-state index is 12.2. The van der Waals surface area contributed by atoms with Crippen LogP contribution in [0.3, 0.4) is 0 Å². The van der Waals surface area contributed by atoms with Gasteiger partial charge >= 0.3 is 5.97 Å². The van der Waals surface area contributed by atoms with Gasteiger partial charge in [-0.25, -0.2) is 4.79 Å². The topological polar surface area (TPSA) is 86.6 Å². The highest BCUT2D eigenvalue weighted by atomic mass is 127. The van der Waals surface area contributed by atoms with Gasteiger partial charge in [-0.15, -0.1) is 0 Å². The summed E-state index contributed by atoms with van der Waals surface area (Å²) in [6.07, 6.45) is 0. The second-order valence-electron chi connectivity index (χ2n) is 4.42. The zero-order valence-corrected chi connectivity index (χ0v) is 13.2. The summed E-state index contributed by atoms with van der Waals surface area (Å²) in [4.78, 5) is 23.4. The number of nitrogens with one attached hydrogen (secondary N) is 1. The predicted molar refractivity (Wildman–Crippen MR) is 86.9 cm³/mol. The smallest absolute Gasteiger partial charge is 0.337 e. The Hall–Kier alpha value is -2.09. The number of carboxylic acid groups (broad SMARTS) is 1. The Morgan fingerprint density at radius 3 is 2.52 bits per heavy atom. The molecule has 2 rings (SSSR count). The Bertz CT molecular complexity index is 728. The van der Waals surface area contributed by atoms with Crippen LogP contribution in [0.2, 0.25) is 0 Å². The minimum Gasteiger partial charge on any atom is -0.507 e. The van der Waals surface area contributed by atoms with Crippen molar-refractivity contribution in [1.82, 2.24) is 0 Å². The van der Waals surface area contributed by atoms with E-state index in [9.17, 15) is 14.7 Å². The average molecular weight is 397 g/mol. The van der Waals surface area contributed by atoms with Crippen molar-refractivity contribution in [3.8, 4) is 5.75 Å². The Labute approximate surface area is 134 Å². The lowest BCUT2D eigenvalue weighted by atomic mass is 10.1. The van der Waals surface area contributed by atoms with E-state index >= 15 is 0 Å². The quantitative estimate of drug-likeness (QED) is 0.695. The number of halogens is 1. The van der Waals surface area contributed by atoms with E-state index in [1.165, 1.54) is 18.2 Å². The molecule has 0 atom stereocenters. The van der Waals surface area contributed by atoms with Gasteiger partial charge in [0, 0.05) is 3.57 Å². The summed E-state index contributed by atoms with van der Waals surface area (Å²) in [5.41, 5.74) is 0.866. The van der Waals surface area contributed by atoms with Gasteiger partial charge in [-0.1, -0.05) is 12.1 Å². The fourth-order valence-corrected chi connectivity index (χ4v) is 2.33. The van der Waals surface area contributed by atoms with Crippen molar-refractivity contribution in [2.75, 3.05) is 5.32 Å². The van der Waals surface area contributed by atoms with Gasteiger partial charge in [0.15, 0.2) is 0 Å². The average Bonchev–Trinajstić information content (AvgIpc) is 2.43. The van der Waals surface area contributed by atoms with Crippen LogP contribution in [0.25, 0.3) is 0 Å². The first-order chi connectivity index (χ1) is 9.90. The molecule has 21 heavy (non-hydrogen) atoms. The molecule has 0 saturated carbocycles. The van der Waals surface area contributed by atoms with Crippen molar-refractivity contribution in [2.45, 2.75) is 6.92 Å². The fourth-order valence-electron chi connectivity index (χ4n) is 1.83. The molecule has 2 aromatic rings. The van der Waals surface area contributed by atoms with Crippen molar-refractivity contribution in [3.05, 3.63) is 56.7 Å². The summed E-state index contributed by atoms with van der Waals surface area (Å²) < 4.78 is 0.751. The minimum absolute atomic E-state index is 0.00222. The number of benzene rings is 2. The van der Waals surface area contributed by atoms with E-state index in [-0.39, 0.29) is 22.6 Å². The molecule has 108 valence electrons. The molecule has 0 aliphatic carbocycles. The number of hydrogen-bond donors (Lipinski definition) is 3. The Morgan fingerprint density at radius 2 is 1.86 bits per heavy atom. The number of carbonyl (C=O) groups is 2. The van der Waals surface area contributed by atoms with Gasteiger partial charge in [-0.05, 0) is 59.3 Å². The van der Waals surface area contributed by atoms with Gasteiger partial charge in [0.25, 0.3) is 5.91 Å². The highest BCUT2D eigenvalue weighted by Crippen LogP contribution is 2.24. The molecule has 0 bridgehead atoms. The molecular weight excluding hydrogens is 385 g/mol. The molecule has 6 heteroatoms. The van der Waals surface area contributed by atoms with Crippen LogP contribution in [0.4, 0.5) is 5.69 Å². The molecule has 0 fully saturated rings. The van der Waals surface area contributed by atoms with Crippen LogP contribution in [0.15, 0.2) is 36.4 Å². The van der Waals surface area contributed by atoms with Crippen LogP contribution >= 0.6 is 22.6 Å². The molecule has 2 aromatic carbocycles. The Balaban J connectivity index is 2.36. The monoisotopic (exact) mass is 397 g/mol. The summed E-state index contributed by atoms with van der Waals surface area (Å²) in [5, 5.41) is 21.6. The number of para-hydroxylation sites is 1. The summed E-state index contributed by atoms with van der Waals surface area (Å²) in [6, 6.07) is 9.49. The zero-order valence-electron chi connectivity index (χ0n) is 11.1. The van der Waals surface area contributed by atoms with Crippen molar-refractivity contribution in [3.63, 3.8) is 0 Å². The third-order valence-corrected chi connectivity index (χ3v) is 3.61. The lowest BCUT2D eigenvalue weighted by molar-refractivity contribution is 0.0698. The lowest BCUT2D eigenvalue weighted by Gasteiger charge is -2.10. The summed E-state index contributed by atoms with van der Waals surface area (Å²) in [5.74, 6) is -1.80. The van der Waals surface area contributed by atoms with Crippen LogP contribution in [0.5, 0.6) is 5.75 Å². The van der Waals surface area contributed by atoms with E-state index in [4.69, 9.17) is 5.11 Å². The molecule has 0 unspecified atom stereocenters. The second kappa shape index (κ2) is 6.13. The van der Waals surface area contributed by atoms with Crippen molar-refractivity contribution >= 4 is 40.2 Å². The number of rotatable bonds is 3. The summed E-state index contributed by atoms with van der Waals surface area (Å²) >= 11 is 1.99. The van der Waals surface area contributed by atoms with Crippen LogP contribution in [-0.4, -0.2) is 22.1 Å². The molecule has 0 aromatic heterocycles. The molecule has 0 radical (unpaired) electrons. The number of aromatic hydroxyl groups is 1. The highest BCUT2D eigenvalue weighted by molar-refractivity contribution is 14.1. The molecule has 0 aliphatic rings. The van der Waals surface area contributed by atoms with Gasteiger partial charge in [0.1, 0.15) is 5.75 Å². The number of phenols is 1. The molecule has 0 aliphatic heterocycles. The number of amides is 1. The molecular formula is C15H12INO4. The number of carboxylic acids is 1. The van der Waals surface area contributed by atoms with Crippen molar-refractivity contribution < 1.29 is 19.8 Å². The zero-order chi connectivity index (χ0) is 15.6. The van der Waals surface area contributed by atoms with Gasteiger partial charge in [0.05, 0.1) is 16.8 Å². The number of anilines is 1. The highest BCUT2D eigenvalue weighted by Gasteiger charge is 2.16. The third-order valence-electron chi connectivity index (χ3n) is 2.94. The summed E-state index contributed by atoms with van der Waals surface area (Å²) in [7, 11) is 0. The van der Waals surface area contributed by atoms with Crippen molar-refractivity contribution in [2.24, 2.45) is 0 Å². The maximum atomic E-state index is 12.2. The maximum Gasteiger partial charge on any atom is 0.337 e. The number of aryl methyl sites for hydroxylation is 1. The lowest BCUT2D eigenvalue weighted by Crippen LogP contribution is -2.15. The third kappa shape index (κ3) is 3.33. The van der Waals surface area contributed by atoms with Gasteiger partial charge in [-0.2, -0.15) is 0 Å². The van der Waals surface area contributed by atoms with Gasteiger partial charge < -0.3 is 15.5 Å². The van der Waals surface area contributed by atoms with E-state index < -0.39 is 11.9 Å². The number of carbonyl (C=O) groups excluding carboxylic acids is 1. The fraction of sp³-hybridized carbons (Fsp3) is 0.0667. The minimum atomic E-state index is -1.13. The number of hydrogen-bond acceptors (Lipinski definition) is 3. The largest absolute Gasteiger partial charge is 0.507 e. The molecule has 3 N–H and O–H groups in total. The predicted octanol–water partition coefficient (Wildman–Crippen LogP) is 3.26. The van der Waals surface area contributed by atoms with Gasteiger partial charge in [0.2, 0.25) is 0 Å². The van der Waals surface area contributed by atoms with E-state index in [0.29, 0.717) is 5.56 Å².